The Hall–Kier alpha value is -4.63. The number of carbonyl (C=O) groups is 2. The highest BCUT2D eigenvalue weighted by Gasteiger charge is 2.18. The van der Waals surface area contributed by atoms with Crippen LogP contribution in [0.2, 0.25) is 0 Å². The van der Waals surface area contributed by atoms with Gasteiger partial charge in [-0.2, -0.15) is 0 Å². The molecule has 2 amide bonds. The van der Waals surface area contributed by atoms with E-state index in [1.165, 1.54) is 24.3 Å². The number of rotatable bonds is 6. The number of nitrogens with zero attached hydrogens (tertiary/aromatic N) is 2. The highest BCUT2D eigenvalue weighted by Crippen LogP contribution is 2.28. The molecule has 0 fully saturated rings. The van der Waals surface area contributed by atoms with Crippen molar-refractivity contribution in [2.75, 3.05) is 16.8 Å². The minimum Gasteiger partial charge on any atom is -0.332 e. The summed E-state index contributed by atoms with van der Waals surface area (Å²) in [6.45, 7) is 2.43. The number of non-ortho nitro benzene ring substituents is 1. The number of nitro groups is 1. The number of fused-ring (bicyclic) bond motifs is 1. The highest BCUT2D eigenvalue weighted by molar-refractivity contribution is 7.80. The average molecular weight is 499 g/mol. The van der Waals surface area contributed by atoms with Crippen LogP contribution in [0.15, 0.2) is 91.0 Å². The molecule has 180 valence electrons. The lowest BCUT2D eigenvalue weighted by atomic mass is 10.1. The fourth-order valence-electron chi connectivity index (χ4n) is 3.82. The van der Waals surface area contributed by atoms with Crippen LogP contribution >= 0.6 is 12.2 Å². The molecule has 9 heteroatoms. The van der Waals surface area contributed by atoms with E-state index in [0.717, 1.165) is 16.5 Å². The maximum absolute atomic E-state index is 13.3. The molecule has 8 nitrogen and oxygen atoms in total. The van der Waals surface area contributed by atoms with E-state index in [0.29, 0.717) is 17.8 Å². The van der Waals surface area contributed by atoms with E-state index in [9.17, 15) is 19.7 Å². The Morgan fingerprint density at radius 2 is 1.61 bits per heavy atom. The van der Waals surface area contributed by atoms with Gasteiger partial charge < -0.3 is 10.2 Å². The first-order chi connectivity index (χ1) is 17.4. The zero-order chi connectivity index (χ0) is 25.7. The zero-order valence-electron chi connectivity index (χ0n) is 19.3. The summed E-state index contributed by atoms with van der Waals surface area (Å²) in [7, 11) is 0. The molecule has 0 unspecified atom stereocenters. The molecule has 0 spiro atoms. The molecule has 2 N–H and O–H groups in total. The Bertz CT molecular complexity index is 1470. The fourth-order valence-corrected chi connectivity index (χ4v) is 4.03. The van der Waals surface area contributed by atoms with Gasteiger partial charge in [0.15, 0.2) is 5.11 Å². The molecule has 0 atom stereocenters. The molecule has 0 saturated heterocycles. The van der Waals surface area contributed by atoms with E-state index in [1.807, 2.05) is 49.4 Å². The Labute approximate surface area is 212 Å². The quantitative estimate of drug-likeness (QED) is 0.205. The number of thiocarbonyl (C=S) groups is 1. The van der Waals surface area contributed by atoms with Crippen LogP contribution in [-0.2, 0) is 0 Å². The smallest absolute Gasteiger partial charge is 0.270 e. The number of carbonyl (C=O) groups excluding carboxylic acids is 2. The van der Waals surface area contributed by atoms with Gasteiger partial charge in [-0.25, -0.2) is 0 Å². The first kappa shape index (κ1) is 24.5. The molecule has 0 heterocycles. The van der Waals surface area contributed by atoms with Crippen LogP contribution in [0.5, 0.6) is 0 Å². The standard InChI is InChI=1S/C27H22N4O4S/c1-2-30(24-12-6-8-18-7-3-4-11-23(18)24)26(33)19-13-15-21(16-14-19)28-27(36)29-25(32)20-9-5-10-22(17-20)31(34)35/h3-17H,2H2,1H3,(H2,28,29,32,36). The van der Waals surface area contributed by atoms with Crippen molar-refractivity contribution in [2.24, 2.45) is 0 Å². The number of amides is 2. The average Bonchev–Trinajstić information content (AvgIpc) is 2.89. The maximum Gasteiger partial charge on any atom is 0.270 e. The second-order valence-electron chi connectivity index (χ2n) is 7.84. The molecular weight excluding hydrogens is 476 g/mol. The summed E-state index contributed by atoms with van der Waals surface area (Å²) in [5, 5.41) is 18.4. The fraction of sp³-hybridized carbons (Fsp3) is 0.0741. The molecular formula is C27H22N4O4S. The van der Waals surface area contributed by atoms with Crippen molar-refractivity contribution in [2.45, 2.75) is 6.92 Å². The van der Waals surface area contributed by atoms with Crippen LogP contribution in [0, 0.1) is 10.1 Å². The largest absolute Gasteiger partial charge is 0.332 e. The second kappa shape index (κ2) is 10.7. The van der Waals surface area contributed by atoms with E-state index in [2.05, 4.69) is 10.6 Å². The number of nitro benzene ring substituents is 1. The lowest BCUT2D eigenvalue weighted by molar-refractivity contribution is -0.384. The van der Waals surface area contributed by atoms with Crippen molar-refractivity contribution >= 4 is 57.0 Å². The summed E-state index contributed by atoms with van der Waals surface area (Å²) in [6, 6.07) is 25.9. The minimum atomic E-state index is -0.573. The van der Waals surface area contributed by atoms with E-state index in [1.54, 1.807) is 29.2 Å². The molecule has 0 aliphatic rings. The number of anilines is 2. The molecule has 0 bridgehead atoms. The SMILES string of the molecule is CCN(C(=O)c1ccc(NC(=S)NC(=O)c2cccc([N+](=O)[O-])c2)cc1)c1cccc2ccccc12. The molecule has 0 aliphatic heterocycles. The van der Waals surface area contributed by atoms with E-state index < -0.39 is 10.8 Å². The van der Waals surface area contributed by atoms with Crippen molar-refractivity contribution in [3.63, 3.8) is 0 Å². The van der Waals surface area contributed by atoms with Gasteiger partial charge in [-0.3, -0.25) is 25.0 Å². The van der Waals surface area contributed by atoms with Crippen molar-refractivity contribution in [1.82, 2.24) is 5.32 Å². The van der Waals surface area contributed by atoms with Gasteiger partial charge in [0.05, 0.1) is 10.6 Å². The number of hydrogen-bond acceptors (Lipinski definition) is 5. The summed E-state index contributed by atoms with van der Waals surface area (Å²) in [6.07, 6.45) is 0. The van der Waals surface area contributed by atoms with Gasteiger partial charge in [0.1, 0.15) is 0 Å². The molecule has 0 aliphatic carbocycles. The van der Waals surface area contributed by atoms with Crippen LogP contribution in [-0.4, -0.2) is 28.4 Å². The predicted molar refractivity (Wildman–Crippen MR) is 145 cm³/mol. The molecule has 36 heavy (non-hydrogen) atoms. The van der Waals surface area contributed by atoms with Crippen molar-refractivity contribution in [1.29, 1.82) is 0 Å². The van der Waals surface area contributed by atoms with Gasteiger partial charge in [0.25, 0.3) is 17.5 Å². The maximum atomic E-state index is 13.3. The van der Waals surface area contributed by atoms with Crippen LogP contribution in [0.3, 0.4) is 0 Å². The normalized spacial score (nSPS) is 10.5. The van der Waals surface area contributed by atoms with Gasteiger partial charge in [-0.05, 0) is 60.9 Å². The van der Waals surface area contributed by atoms with Crippen LogP contribution < -0.4 is 15.5 Å². The minimum absolute atomic E-state index is 0.0246. The van der Waals surface area contributed by atoms with Crippen molar-refractivity contribution in [3.05, 3.63) is 112 Å². The molecule has 4 aromatic carbocycles. The monoisotopic (exact) mass is 498 g/mol. The van der Waals surface area contributed by atoms with E-state index in [4.69, 9.17) is 12.2 Å². The van der Waals surface area contributed by atoms with Crippen LogP contribution in [0.25, 0.3) is 10.8 Å². The summed E-state index contributed by atoms with van der Waals surface area (Å²) in [4.78, 5) is 37.8. The molecule has 0 saturated carbocycles. The Kier molecular flexibility index (Phi) is 7.31. The third-order valence-corrected chi connectivity index (χ3v) is 5.76. The van der Waals surface area contributed by atoms with Crippen molar-refractivity contribution in [3.8, 4) is 0 Å². The highest BCUT2D eigenvalue weighted by atomic mass is 32.1. The lowest BCUT2D eigenvalue weighted by Crippen LogP contribution is -2.34. The summed E-state index contributed by atoms with van der Waals surface area (Å²) in [5.41, 5.74) is 1.84. The number of nitrogens with one attached hydrogen (secondary N) is 2. The Morgan fingerprint density at radius 1 is 0.917 bits per heavy atom. The molecule has 4 aromatic rings. The van der Waals surface area contributed by atoms with E-state index in [-0.39, 0.29) is 22.3 Å². The summed E-state index contributed by atoms with van der Waals surface area (Å²) >= 11 is 5.20. The van der Waals surface area contributed by atoms with Crippen LogP contribution in [0.1, 0.15) is 27.6 Å². The van der Waals surface area contributed by atoms with Gasteiger partial charge in [0, 0.05) is 40.9 Å². The van der Waals surface area contributed by atoms with E-state index >= 15 is 0 Å². The third kappa shape index (κ3) is 5.37. The Morgan fingerprint density at radius 3 is 2.33 bits per heavy atom. The lowest BCUT2D eigenvalue weighted by Gasteiger charge is -2.23. The van der Waals surface area contributed by atoms with Crippen molar-refractivity contribution < 1.29 is 14.5 Å². The predicted octanol–water partition coefficient (Wildman–Crippen LogP) is 5.54. The molecule has 4 rings (SSSR count). The summed E-state index contributed by atoms with van der Waals surface area (Å²) < 4.78 is 0. The topological polar surface area (TPSA) is 105 Å². The molecule has 0 aromatic heterocycles. The summed E-state index contributed by atoms with van der Waals surface area (Å²) in [5.74, 6) is -0.710. The van der Waals surface area contributed by atoms with Crippen LogP contribution in [0.4, 0.5) is 17.1 Å². The number of benzene rings is 4. The van der Waals surface area contributed by atoms with Gasteiger partial charge in [-0.15, -0.1) is 0 Å². The van der Waals surface area contributed by atoms with Gasteiger partial charge >= 0.3 is 0 Å². The molecule has 0 radical (unpaired) electrons. The third-order valence-electron chi connectivity index (χ3n) is 5.55. The van der Waals surface area contributed by atoms with Gasteiger partial charge in [-0.1, -0.05) is 42.5 Å². The Balaban J connectivity index is 1.44. The van der Waals surface area contributed by atoms with Gasteiger partial charge in [0.2, 0.25) is 0 Å². The zero-order valence-corrected chi connectivity index (χ0v) is 20.1. The first-order valence-electron chi connectivity index (χ1n) is 11.1. The second-order valence-corrected chi connectivity index (χ2v) is 8.25. The number of hydrogen-bond donors (Lipinski definition) is 2. The first-order valence-corrected chi connectivity index (χ1v) is 11.5.